The Balaban J connectivity index is 2.12. The molecule has 2 rings (SSSR count). The van der Waals surface area contributed by atoms with Gasteiger partial charge in [0, 0.05) is 7.11 Å². The van der Waals surface area contributed by atoms with Gasteiger partial charge in [-0.2, -0.15) is 0 Å². The van der Waals surface area contributed by atoms with E-state index in [9.17, 15) is 5.11 Å². The van der Waals surface area contributed by atoms with Gasteiger partial charge in [0.05, 0.1) is 6.61 Å². The fourth-order valence-corrected chi connectivity index (χ4v) is 1.52. The van der Waals surface area contributed by atoms with E-state index in [0.717, 1.165) is 5.56 Å². The van der Waals surface area contributed by atoms with Crippen molar-refractivity contribution in [2.45, 2.75) is 6.10 Å². The fraction of sp³-hybridized carbons (Fsp3) is 0.455. The lowest BCUT2D eigenvalue weighted by molar-refractivity contribution is -0.0889. The largest absolute Gasteiger partial charge is 0.454 e. The van der Waals surface area contributed by atoms with Crippen LogP contribution < -0.4 is 9.47 Å². The van der Waals surface area contributed by atoms with Gasteiger partial charge in [0.15, 0.2) is 11.5 Å². The molecule has 1 N–H and O–H groups in total. The van der Waals surface area contributed by atoms with Crippen molar-refractivity contribution in [3.8, 4) is 11.5 Å². The number of hydrogen-bond donors (Lipinski definition) is 1. The number of methoxy groups -OCH3 is 1. The molecule has 0 saturated heterocycles. The van der Waals surface area contributed by atoms with Crippen LogP contribution in [-0.2, 0) is 9.47 Å². The van der Waals surface area contributed by atoms with E-state index in [4.69, 9.17) is 18.9 Å². The monoisotopic (exact) mass is 226 g/mol. The number of aliphatic hydroxyl groups excluding tert-OH is 1. The maximum Gasteiger partial charge on any atom is 0.231 e. The summed E-state index contributed by atoms with van der Waals surface area (Å²) in [5.41, 5.74) is 0.837. The second-order valence-corrected chi connectivity index (χ2v) is 3.36. The molecular weight excluding hydrogens is 212 g/mol. The first kappa shape index (κ1) is 11.2. The molecule has 1 heterocycles. The molecule has 16 heavy (non-hydrogen) atoms. The molecule has 1 unspecified atom stereocenters. The van der Waals surface area contributed by atoms with Gasteiger partial charge in [-0.25, -0.2) is 0 Å². The predicted octanol–water partition coefficient (Wildman–Crippen LogP) is 1.07. The van der Waals surface area contributed by atoms with Crippen molar-refractivity contribution in [1.29, 1.82) is 0 Å². The number of fused-ring (bicyclic) bond motifs is 1. The Bertz CT molecular complexity index is 352. The van der Waals surface area contributed by atoms with Gasteiger partial charge in [0.25, 0.3) is 0 Å². The Morgan fingerprint density at radius 3 is 2.94 bits per heavy atom. The molecule has 1 aliphatic rings. The van der Waals surface area contributed by atoms with Crippen molar-refractivity contribution in [1.82, 2.24) is 0 Å². The zero-order valence-corrected chi connectivity index (χ0v) is 9.01. The molecule has 1 aliphatic heterocycles. The highest BCUT2D eigenvalue weighted by molar-refractivity contribution is 5.45. The van der Waals surface area contributed by atoms with E-state index in [1.165, 1.54) is 7.11 Å². The second kappa shape index (κ2) is 5.16. The normalized spacial score (nSPS) is 15.1. The van der Waals surface area contributed by atoms with Crippen LogP contribution in [0, 0.1) is 0 Å². The Morgan fingerprint density at radius 1 is 1.38 bits per heavy atom. The zero-order chi connectivity index (χ0) is 11.4. The minimum Gasteiger partial charge on any atom is -0.454 e. The lowest BCUT2D eigenvalue weighted by atomic mass is 10.1. The summed E-state index contributed by atoms with van der Waals surface area (Å²) in [6.07, 6.45) is -0.408. The summed E-state index contributed by atoms with van der Waals surface area (Å²) in [5, 5.41) is 9.20. The van der Waals surface area contributed by atoms with Crippen LogP contribution in [0.5, 0.6) is 11.5 Å². The molecule has 0 aliphatic carbocycles. The van der Waals surface area contributed by atoms with Crippen LogP contribution in [0.2, 0.25) is 0 Å². The van der Waals surface area contributed by atoms with Gasteiger partial charge < -0.3 is 24.1 Å². The van der Waals surface area contributed by atoms with E-state index >= 15 is 0 Å². The minimum atomic E-state index is -0.408. The van der Waals surface area contributed by atoms with Gasteiger partial charge in [-0.15, -0.1) is 0 Å². The SMILES string of the molecule is COCOC(CO)c1ccc2c(c1)OCO2. The third-order valence-corrected chi connectivity index (χ3v) is 2.32. The first-order valence-corrected chi connectivity index (χ1v) is 4.96. The molecule has 1 aromatic carbocycles. The third kappa shape index (κ3) is 2.27. The maximum absolute atomic E-state index is 9.20. The smallest absolute Gasteiger partial charge is 0.231 e. The molecule has 0 aromatic heterocycles. The van der Waals surface area contributed by atoms with E-state index in [1.807, 2.05) is 6.07 Å². The van der Waals surface area contributed by atoms with Crippen molar-refractivity contribution >= 4 is 0 Å². The summed E-state index contributed by atoms with van der Waals surface area (Å²) >= 11 is 0. The highest BCUT2D eigenvalue weighted by Crippen LogP contribution is 2.34. The number of rotatable bonds is 5. The highest BCUT2D eigenvalue weighted by atomic mass is 16.7. The molecule has 88 valence electrons. The quantitative estimate of drug-likeness (QED) is 0.761. The Hall–Kier alpha value is -1.30. The molecule has 0 saturated carbocycles. The van der Waals surface area contributed by atoms with Gasteiger partial charge in [0.2, 0.25) is 6.79 Å². The average molecular weight is 226 g/mol. The summed E-state index contributed by atoms with van der Waals surface area (Å²) < 4.78 is 20.6. The van der Waals surface area contributed by atoms with Gasteiger partial charge in [-0.05, 0) is 17.7 Å². The molecule has 0 radical (unpaired) electrons. The van der Waals surface area contributed by atoms with Crippen molar-refractivity contribution in [3.05, 3.63) is 23.8 Å². The zero-order valence-electron chi connectivity index (χ0n) is 9.01. The van der Waals surface area contributed by atoms with E-state index in [-0.39, 0.29) is 20.2 Å². The van der Waals surface area contributed by atoms with E-state index in [0.29, 0.717) is 11.5 Å². The van der Waals surface area contributed by atoms with Crippen LogP contribution in [0.3, 0.4) is 0 Å². The van der Waals surface area contributed by atoms with Crippen LogP contribution in [-0.4, -0.2) is 32.4 Å². The first-order chi connectivity index (χ1) is 7.85. The number of aliphatic hydroxyl groups is 1. The fourth-order valence-electron chi connectivity index (χ4n) is 1.52. The van der Waals surface area contributed by atoms with Crippen LogP contribution in [0.25, 0.3) is 0 Å². The Labute approximate surface area is 93.5 Å². The van der Waals surface area contributed by atoms with E-state index in [2.05, 4.69) is 0 Å². The van der Waals surface area contributed by atoms with Crippen LogP contribution in [0.4, 0.5) is 0 Å². The summed E-state index contributed by atoms with van der Waals surface area (Å²) in [7, 11) is 1.54. The Morgan fingerprint density at radius 2 is 2.19 bits per heavy atom. The standard InChI is InChI=1S/C11H14O5/c1-13-6-14-11(5-12)8-2-3-9-10(4-8)16-7-15-9/h2-4,11-12H,5-7H2,1H3. The van der Waals surface area contributed by atoms with Crippen molar-refractivity contribution in [2.75, 3.05) is 27.3 Å². The maximum atomic E-state index is 9.20. The number of benzene rings is 1. The summed E-state index contributed by atoms with van der Waals surface area (Å²) in [5.74, 6) is 1.39. The van der Waals surface area contributed by atoms with E-state index < -0.39 is 6.10 Å². The summed E-state index contributed by atoms with van der Waals surface area (Å²) in [4.78, 5) is 0. The second-order valence-electron chi connectivity index (χ2n) is 3.36. The van der Waals surface area contributed by atoms with Gasteiger partial charge in [-0.3, -0.25) is 0 Å². The van der Waals surface area contributed by atoms with Crippen LogP contribution >= 0.6 is 0 Å². The molecule has 0 fully saturated rings. The summed E-state index contributed by atoms with van der Waals surface area (Å²) in [6, 6.07) is 5.44. The third-order valence-electron chi connectivity index (χ3n) is 2.32. The lowest BCUT2D eigenvalue weighted by Gasteiger charge is -2.15. The first-order valence-electron chi connectivity index (χ1n) is 4.96. The summed E-state index contributed by atoms with van der Waals surface area (Å²) in [6.45, 7) is 0.268. The molecule has 5 heteroatoms. The van der Waals surface area contributed by atoms with Crippen molar-refractivity contribution in [2.24, 2.45) is 0 Å². The van der Waals surface area contributed by atoms with Crippen LogP contribution in [0.1, 0.15) is 11.7 Å². The van der Waals surface area contributed by atoms with Gasteiger partial charge in [0.1, 0.15) is 12.9 Å². The average Bonchev–Trinajstić information content (AvgIpc) is 2.77. The topological polar surface area (TPSA) is 57.2 Å². The molecule has 1 atom stereocenters. The number of hydrogen-bond acceptors (Lipinski definition) is 5. The van der Waals surface area contributed by atoms with Gasteiger partial charge in [-0.1, -0.05) is 6.07 Å². The van der Waals surface area contributed by atoms with Crippen molar-refractivity contribution < 1.29 is 24.1 Å². The molecule has 0 spiro atoms. The molecule has 0 amide bonds. The van der Waals surface area contributed by atoms with Gasteiger partial charge >= 0.3 is 0 Å². The molecule has 0 bridgehead atoms. The van der Waals surface area contributed by atoms with E-state index in [1.54, 1.807) is 12.1 Å². The lowest BCUT2D eigenvalue weighted by Crippen LogP contribution is -2.10. The predicted molar refractivity (Wildman–Crippen MR) is 55.4 cm³/mol. The minimum absolute atomic E-state index is 0.108. The highest BCUT2D eigenvalue weighted by Gasteiger charge is 2.17. The Kier molecular flexibility index (Phi) is 3.61. The molecular formula is C11H14O5. The molecule has 5 nitrogen and oxygen atoms in total. The number of ether oxygens (including phenoxy) is 4. The van der Waals surface area contributed by atoms with Crippen LogP contribution in [0.15, 0.2) is 18.2 Å². The molecule has 1 aromatic rings. The van der Waals surface area contributed by atoms with Crippen molar-refractivity contribution in [3.63, 3.8) is 0 Å².